The number of carbonyl (C=O) groups is 1. The van der Waals surface area contributed by atoms with E-state index in [9.17, 15) is 14.5 Å². The van der Waals surface area contributed by atoms with E-state index in [4.69, 9.17) is 9.73 Å². The zero-order valence-electron chi connectivity index (χ0n) is 29.9. The maximum atomic E-state index is 15.8. The number of hydrogen-bond acceptors (Lipinski definition) is 6. The van der Waals surface area contributed by atoms with Gasteiger partial charge in [0.1, 0.15) is 11.6 Å². The molecule has 2 unspecified atom stereocenters. The van der Waals surface area contributed by atoms with Crippen molar-refractivity contribution < 1.29 is 23.6 Å². The molecule has 0 bridgehead atoms. The molecule has 3 aromatic rings. The largest absolute Gasteiger partial charge is 0.386 e. The summed E-state index contributed by atoms with van der Waals surface area (Å²) in [6.07, 6.45) is 12.3. The molecule has 0 radical (unpaired) electrons. The van der Waals surface area contributed by atoms with E-state index in [1.165, 1.54) is 5.56 Å². The number of rotatable bonds is 9. The van der Waals surface area contributed by atoms with Crippen LogP contribution in [0.2, 0.25) is 0 Å². The molecule has 2 fully saturated rings. The van der Waals surface area contributed by atoms with Crippen molar-refractivity contribution in [2.24, 2.45) is 22.7 Å². The van der Waals surface area contributed by atoms with Crippen LogP contribution in [0.5, 0.6) is 0 Å². The summed E-state index contributed by atoms with van der Waals surface area (Å²) in [5.74, 6) is 1.34. The Hall–Kier alpha value is -2.88. The van der Waals surface area contributed by atoms with Gasteiger partial charge in [0, 0.05) is 43.7 Å². The van der Waals surface area contributed by atoms with Crippen molar-refractivity contribution in [1.82, 2.24) is 5.32 Å². The average Bonchev–Trinajstić information content (AvgIpc) is 3.26. The van der Waals surface area contributed by atoms with Gasteiger partial charge in [0.15, 0.2) is 0 Å². The lowest BCUT2D eigenvalue weighted by Crippen LogP contribution is -2.35. The molecule has 8 heteroatoms. The fraction of sp³-hybridized carbons (Fsp3) is 0.512. The van der Waals surface area contributed by atoms with Gasteiger partial charge in [0.2, 0.25) is 0 Å². The van der Waals surface area contributed by atoms with Crippen LogP contribution in [0.3, 0.4) is 0 Å². The van der Waals surface area contributed by atoms with Gasteiger partial charge < -0.3 is 19.7 Å². The minimum Gasteiger partial charge on any atom is -0.386 e. The zero-order chi connectivity index (χ0) is 35.0. The first kappa shape index (κ1) is 35.9. The normalized spacial score (nSPS) is 24.2. The lowest BCUT2D eigenvalue weighted by Gasteiger charge is -2.66. The van der Waals surface area contributed by atoms with Crippen LogP contribution in [0.25, 0.3) is 11.1 Å². The standard InChI is InChI=1S/C41H55FN2O4S/c1-27(30-18-20-48-21-19-30)41(46)22-29-6-8-31(9-7-29)32-10-12-33(13-11-32)34-14-16-37(38(42)23-34)40-25-43-28(2)36-17-15-35(24-39(36)44-40)49(3,4,5,47)26-45/h10-17,23-24,27-31,43,45,47H,6-9,18-22,25-26H2,1-5H3. The Kier molecular flexibility index (Phi) is 9.79. The van der Waals surface area contributed by atoms with Crippen LogP contribution in [-0.2, 0) is 9.53 Å². The van der Waals surface area contributed by atoms with Gasteiger partial charge in [-0.05, 0) is 133 Å². The first-order chi connectivity index (χ1) is 23.1. The SMILES string of the molecule is CC1NCC(c2ccc(-c3ccc(C4CCC(CC(=O)C(C)C5CCOCC5)CC4)cc3)cc2F)=Nc2cc(S(C)(C)(C)(O)CO)ccc21. The number of ether oxygens (including phenoxy) is 1. The molecular weight excluding hydrogens is 636 g/mol. The highest BCUT2D eigenvalue weighted by Crippen LogP contribution is 2.83. The lowest BCUT2D eigenvalue weighted by atomic mass is 9.74. The van der Waals surface area contributed by atoms with E-state index in [0.717, 1.165) is 68.4 Å². The molecule has 3 aliphatic rings. The summed E-state index contributed by atoms with van der Waals surface area (Å²) in [6, 6.07) is 19.6. The van der Waals surface area contributed by atoms with E-state index in [0.29, 0.717) is 58.4 Å². The number of hydrogen-bond donors (Lipinski definition) is 3. The number of nitrogens with zero attached hydrogens (tertiary/aromatic N) is 1. The number of fused-ring (bicyclic) bond motifs is 1. The molecule has 2 heterocycles. The lowest BCUT2D eigenvalue weighted by molar-refractivity contribution is -0.126. The second-order valence-corrected chi connectivity index (χ2v) is 24.5. The molecular formula is C41H55FN2O4S. The molecule has 1 saturated heterocycles. The van der Waals surface area contributed by atoms with E-state index in [2.05, 4.69) is 36.5 Å². The molecule has 2 aliphatic heterocycles. The fourth-order valence-corrected chi connectivity index (χ4v) is 9.20. The third-order valence-electron chi connectivity index (χ3n) is 11.6. The third-order valence-corrected chi connectivity index (χ3v) is 14.8. The van der Waals surface area contributed by atoms with Crippen molar-refractivity contribution in [3.8, 4) is 11.1 Å². The highest BCUT2D eigenvalue weighted by atomic mass is 32.4. The summed E-state index contributed by atoms with van der Waals surface area (Å²) in [7, 11) is -3.90. The van der Waals surface area contributed by atoms with Crippen molar-refractivity contribution in [2.45, 2.75) is 75.6 Å². The summed E-state index contributed by atoms with van der Waals surface area (Å²) < 4.78 is 32.9. The fourth-order valence-electron chi connectivity index (χ4n) is 7.81. The average molecular weight is 691 g/mol. The van der Waals surface area contributed by atoms with E-state index < -0.39 is 8.58 Å². The summed E-state index contributed by atoms with van der Waals surface area (Å²) in [5.41, 5.74) is 5.77. The van der Waals surface area contributed by atoms with Gasteiger partial charge in [-0.1, -0.05) is 43.3 Å². The highest BCUT2D eigenvalue weighted by molar-refractivity contribution is 8.59. The Morgan fingerprint density at radius 1 is 0.959 bits per heavy atom. The number of aliphatic hydroxyl groups is 1. The van der Waals surface area contributed by atoms with Crippen molar-refractivity contribution in [2.75, 3.05) is 44.5 Å². The van der Waals surface area contributed by atoms with Crippen molar-refractivity contribution >= 4 is 25.8 Å². The Bertz CT molecular complexity index is 1720. The number of halogens is 1. The summed E-state index contributed by atoms with van der Waals surface area (Å²) in [4.78, 5) is 18.6. The van der Waals surface area contributed by atoms with Gasteiger partial charge in [-0.2, -0.15) is 8.58 Å². The van der Waals surface area contributed by atoms with Gasteiger partial charge in [-0.3, -0.25) is 9.79 Å². The van der Waals surface area contributed by atoms with Gasteiger partial charge in [-0.15, -0.1) is 0 Å². The van der Waals surface area contributed by atoms with Crippen molar-refractivity contribution in [3.05, 3.63) is 83.2 Å². The van der Waals surface area contributed by atoms with Gasteiger partial charge in [0.05, 0.1) is 17.3 Å². The quantitative estimate of drug-likeness (QED) is 0.208. The molecule has 1 saturated carbocycles. The van der Waals surface area contributed by atoms with E-state index in [1.807, 2.05) is 37.3 Å². The van der Waals surface area contributed by atoms with Gasteiger partial charge >= 0.3 is 0 Å². The number of ketones is 1. The van der Waals surface area contributed by atoms with Crippen molar-refractivity contribution in [3.63, 3.8) is 0 Å². The second kappa shape index (κ2) is 13.3. The van der Waals surface area contributed by atoms with E-state index >= 15 is 4.39 Å². The second-order valence-electron chi connectivity index (χ2n) is 16.6. The number of carbonyl (C=O) groups excluding carboxylic acids is 1. The molecule has 3 N–H and O–H groups in total. The monoisotopic (exact) mass is 690 g/mol. The first-order valence-corrected chi connectivity index (χ1v) is 21.8. The maximum Gasteiger partial charge on any atom is 0.136 e. The first-order valence-electron chi connectivity index (χ1n) is 18.0. The van der Waals surface area contributed by atoms with Crippen molar-refractivity contribution in [1.29, 1.82) is 0 Å². The molecule has 6 nitrogen and oxygen atoms in total. The molecule has 266 valence electrons. The van der Waals surface area contributed by atoms with Gasteiger partial charge in [0.25, 0.3) is 0 Å². The van der Waals surface area contributed by atoms with Crippen LogP contribution >= 0.6 is 8.58 Å². The molecule has 3 aromatic carbocycles. The van der Waals surface area contributed by atoms with E-state index in [-0.39, 0.29) is 23.7 Å². The molecule has 0 spiro atoms. The molecule has 2 atom stereocenters. The number of Topliss-reactive ketones (excluding diaryl/α,β-unsaturated/α-hetero) is 1. The summed E-state index contributed by atoms with van der Waals surface area (Å²) in [5, 5.41) is 13.7. The molecule has 6 rings (SSSR count). The van der Waals surface area contributed by atoms with Crippen LogP contribution in [-0.4, -0.2) is 65.6 Å². The predicted molar refractivity (Wildman–Crippen MR) is 201 cm³/mol. The number of nitrogens with one attached hydrogen (secondary N) is 1. The molecule has 49 heavy (non-hydrogen) atoms. The number of aliphatic imine (C=N–C) groups is 1. The highest BCUT2D eigenvalue weighted by Gasteiger charge is 2.46. The zero-order valence-corrected chi connectivity index (χ0v) is 30.7. The molecule has 0 aromatic heterocycles. The smallest absolute Gasteiger partial charge is 0.136 e. The summed E-state index contributed by atoms with van der Waals surface area (Å²) in [6.45, 7) is 6.14. The third kappa shape index (κ3) is 7.89. The Labute approximate surface area is 291 Å². The van der Waals surface area contributed by atoms with Crippen LogP contribution < -0.4 is 5.32 Å². The minimum atomic E-state index is -3.90. The Morgan fingerprint density at radius 3 is 2.29 bits per heavy atom. The van der Waals surface area contributed by atoms with E-state index in [1.54, 1.807) is 24.8 Å². The molecule has 1 aliphatic carbocycles. The van der Waals surface area contributed by atoms with Crippen LogP contribution in [0.4, 0.5) is 10.1 Å². The minimum absolute atomic E-state index is 0.0200. The van der Waals surface area contributed by atoms with Crippen LogP contribution in [0.15, 0.2) is 70.6 Å². The van der Waals surface area contributed by atoms with Crippen LogP contribution in [0, 0.1) is 23.6 Å². The number of aliphatic hydroxyl groups excluding tert-OH is 1. The Balaban J connectivity index is 1.12. The number of benzene rings is 3. The molecule has 0 amide bonds. The van der Waals surface area contributed by atoms with Gasteiger partial charge in [-0.25, -0.2) is 4.39 Å². The predicted octanol–water partition coefficient (Wildman–Crippen LogP) is 9.12. The van der Waals surface area contributed by atoms with Crippen LogP contribution in [0.1, 0.15) is 87.4 Å². The Morgan fingerprint density at radius 2 is 1.63 bits per heavy atom. The summed E-state index contributed by atoms with van der Waals surface area (Å²) >= 11 is 0. The maximum absolute atomic E-state index is 15.8. The topological polar surface area (TPSA) is 91.2 Å².